The van der Waals surface area contributed by atoms with E-state index in [0.29, 0.717) is 6.04 Å². The van der Waals surface area contributed by atoms with Gasteiger partial charge in [-0.2, -0.15) is 0 Å². The number of nitrogens with zero attached hydrogens (tertiary/aromatic N) is 1. The zero-order valence-corrected chi connectivity index (χ0v) is 14.4. The van der Waals surface area contributed by atoms with E-state index in [1.807, 2.05) is 5.37 Å². The second-order valence-electron chi connectivity index (χ2n) is 6.32. The molecule has 0 aromatic heterocycles. The van der Waals surface area contributed by atoms with Crippen LogP contribution in [0.5, 0.6) is 0 Å². The van der Waals surface area contributed by atoms with Crippen LogP contribution in [-0.4, -0.2) is 46.1 Å². The maximum absolute atomic E-state index is 12.3. The van der Waals surface area contributed by atoms with E-state index in [4.69, 9.17) is 14.2 Å². The van der Waals surface area contributed by atoms with Crippen LogP contribution in [0.25, 0.3) is 0 Å². The zero-order valence-electron chi connectivity index (χ0n) is 13.6. The molecule has 0 spiro atoms. The third kappa shape index (κ3) is 4.26. The van der Waals surface area contributed by atoms with Gasteiger partial charge in [0.25, 0.3) is 0 Å². The third-order valence-corrected chi connectivity index (χ3v) is 6.60. The van der Waals surface area contributed by atoms with Gasteiger partial charge in [-0.15, -0.1) is 0 Å². The Morgan fingerprint density at radius 1 is 1.13 bits per heavy atom. The maximum atomic E-state index is 12.3. The number of hydrogen-bond donors (Lipinski definition) is 0. The lowest BCUT2D eigenvalue weighted by atomic mass is 9.98. The first-order valence-corrected chi connectivity index (χ1v) is 9.79. The molecule has 1 saturated heterocycles. The lowest BCUT2D eigenvalue weighted by Gasteiger charge is -2.44. The Morgan fingerprint density at radius 2 is 1.91 bits per heavy atom. The summed E-state index contributed by atoms with van der Waals surface area (Å²) >= 11 is 0. The van der Waals surface area contributed by atoms with Crippen LogP contribution in [-0.2, 0) is 14.2 Å². The summed E-state index contributed by atoms with van der Waals surface area (Å²) in [4.78, 5) is 24.0. The molecule has 3 rings (SSSR count). The minimum atomic E-state index is -0.916. The summed E-state index contributed by atoms with van der Waals surface area (Å²) in [5.41, 5.74) is 0. The van der Waals surface area contributed by atoms with Gasteiger partial charge in [-0.25, -0.2) is 13.9 Å². The SMILES string of the molecule is CC(OC(=O)OC1CCCCC1)OC(=O)S1=CCCC2CCN21. The van der Waals surface area contributed by atoms with Crippen LogP contribution in [0, 0.1) is 0 Å². The Bertz CT molecular complexity index is 489. The fourth-order valence-corrected chi connectivity index (χ4v) is 5.23. The molecule has 23 heavy (non-hydrogen) atoms. The molecule has 6 nitrogen and oxygen atoms in total. The smallest absolute Gasteiger partial charge is 0.431 e. The first kappa shape index (κ1) is 16.8. The van der Waals surface area contributed by atoms with Gasteiger partial charge in [-0.05, 0) is 61.0 Å². The van der Waals surface area contributed by atoms with Crippen molar-refractivity contribution in [2.75, 3.05) is 6.54 Å². The molecule has 2 heterocycles. The van der Waals surface area contributed by atoms with Crippen LogP contribution in [0.1, 0.15) is 58.3 Å². The maximum Gasteiger partial charge on any atom is 0.511 e. The van der Waals surface area contributed by atoms with Gasteiger partial charge >= 0.3 is 11.5 Å². The molecular formula is C16H25NO5S. The molecular weight excluding hydrogens is 318 g/mol. The van der Waals surface area contributed by atoms with Crippen molar-refractivity contribution < 1.29 is 23.8 Å². The molecule has 2 fully saturated rings. The summed E-state index contributed by atoms with van der Waals surface area (Å²) in [7, 11) is -0.604. The monoisotopic (exact) mass is 343 g/mol. The van der Waals surface area contributed by atoms with E-state index < -0.39 is 23.1 Å². The minimum Gasteiger partial charge on any atom is -0.431 e. The second-order valence-corrected chi connectivity index (χ2v) is 8.09. The fraction of sp³-hybridized carbons (Fsp3) is 0.812. The van der Waals surface area contributed by atoms with E-state index >= 15 is 0 Å². The van der Waals surface area contributed by atoms with Crippen molar-refractivity contribution in [2.45, 2.75) is 76.7 Å². The Hall–Kier alpha value is -1.08. The average Bonchev–Trinajstić information content (AvgIpc) is 2.48. The van der Waals surface area contributed by atoms with E-state index in [2.05, 4.69) is 4.31 Å². The molecule has 3 unspecified atom stereocenters. The van der Waals surface area contributed by atoms with Gasteiger partial charge < -0.3 is 14.2 Å². The number of rotatable bonds is 3. The van der Waals surface area contributed by atoms with Crippen molar-refractivity contribution in [3.63, 3.8) is 0 Å². The molecule has 130 valence electrons. The van der Waals surface area contributed by atoms with E-state index in [0.717, 1.165) is 51.5 Å². The largest absolute Gasteiger partial charge is 0.511 e. The molecule has 2 aliphatic heterocycles. The van der Waals surface area contributed by atoms with E-state index in [1.165, 1.54) is 6.42 Å². The lowest BCUT2D eigenvalue weighted by molar-refractivity contribution is -0.0803. The molecule has 0 N–H and O–H groups in total. The minimum absolute atomic E-state index is 0.0606. The van der Waals surface area contributed by atoms with Crippen LogP contribution in [0.3, 0.4) is 0 Å². The van der Waals surface area contributed by atoms with Crippen molar-refractivity contribution in [1.29, 1.82) is 0 Å². The Labute approximate surface area is 139 Å². The van der Waals surface area contributed by atoms with Crippen molar-refractivity contribution >= 4 is 27.5 Å². The number of hydrogen-bond acceptors (Lipinski definition) is 6. The van der Waals surface area contributed by atoms with Crippen LogP contribution in [0.4, 0.5) is 9.59 Å². The molecule has 0 aromatic carbocycles. The van der Waals surface area contributed by atoms with Gasteiger partial charge in [0.15, 0.2) is 0 Å². The van der Waals surface area contributed by atoms with E-state index in [-0.39, 0.29) is 11.4 Å². The van der Waals surface area contributed by atoms with Gasteiger partial charge in [0.2, 0.25) is 6.29 Å². The standard InChI is InChI=1S/C16H25NO5S/c1-12(20-15(18)22-14-7-3-2-4-8-14)21-16(19)23-11-5-6-13-9-10-17(13)23/h11-14H,2-10H2,1H3. The van der Waals surface area contributed by atoms with Crippen LogP contribution in [0.15, 0.2) is 0 Å². The highest BCUT2D eigenvalue weighted by molar-refractivity contribution is 8.25. The van der Waals surface area contributed by atoms with Gasteiger partial charge in [-0.3, -0.25) is 0 Å². The van der Waals surface area contributed by atoms with Crippen molar-refractivity contribution in [3.05, 3.63) is 0 Å². The number of fused-ring (bicyclic) bond motifs is 1. The molecule has 1 saturated carbocycles. The average molecular weight is 343 g/mol. The summed E-state index contributed by atoms with van der Waals surface area (Å²) in [5, 5.41) is 1.71. The summed E-state index contributed by atoms with van der Waals surface area (Å²) in [6, 6.07) is 0.517. The fourth-order valence-electron chi connectivity index (χ4n) is 3.29. The molecule has 7 heteroatoms. The van der Waals surface area contributed by atoms with Crippen LogP contribution < -0.4 is 0 Å². The molecule has 0 bridgehead atoms. The zero-order chi connectivity index (χ0) is 16.2. The normalized spacial score (nSPS) is 29.4. The molecule has 0 aromatic rings. The third-order valence-electron chi connectivity index (χ3n) is 4.63. The molecule has 1 aliphatic carbocycles. The summed E-state index contributed by atoms with van der Waals surface area (Å²) in [6.45, 7) is 2.50. The number of carbonyl (C=O) groups is 2. The Balaban J connectivity index is 1.43. The Morgan fingerprint density at radius 3 is 2.61 bits per heavy atom. The topological polar surface area (TPSA) is 65.1 Å². The lowest BCUT2D eigenvalue weighted by Crippen LogP contribution is -2.47. The van der Waals surface area contributed by atoms with Gasteiger partial charge in [0.1, 0.15) is 6.10 Å². The van der Waals surface area contributed by atoms with Gasteiger partial charge in [0, 0.05) is 19.5 Å². The molecule has 3 atom stereocenters. The van der Waals surface area contributed by atoms with Gasteiger partial charge in [-0.1, -0.05) is 6.42 Å². The quantitative estimate of drug-likeness (QED) is 0.441. The predicted molar refractivity (Wildman–Crippen MR) is 88.4 cm³/mol. The highest BCUT2D eigenvalue weighted by Crippen LogP contribution is 2.39. The van der Waals surface area contributed by atoms with Gasteiger partial charge in [0.05, 0.1) is 0 Å². The molecule has 3 aliphatic rings. The van der Waals surface area contributed by atoms with E-state index in [9.17, 15) is 9.59 Å². The van der Waals surface area contributed by atoms with Crippen molar-refractivity contribution in [1.82, 2.24) is 4.31 Å². The van der Waals surface area contributed by atoms with E-state index in [1.54, 1.807) is 6.92 Å². The van der Waals surface area contributed by atoms with Crippen molar-refractivity contribution in [3.8, 4) is 0 Å². The molecule has 0 radical (unpaired) electrons. The second kappa shape index (κ2) is 7.66. The summed E-state index contributed by atoms with van der Waals surface area (Å²) in [6.07, 6.45) is 6.64. The first-order valence-electron chi connectivity index (χ1n) is 8.54. The highest BCUT2D eigenvalue weighted by Gasteiger charge is 2.36. The summed E-state index contributed by atoms with van der Waals surface area (Å²) in [5.74, 6) is 0. The van der Waals surface area contributed by atoms with Crippen LogP contribution in [0.2, 0.25) is 0 Å². The summed E-state index contributed by atoms with van der Waals surface area (Å²) < 4.78 is 17.8. The molecule has 0 amide bonds. The van der Waals surface area contributed by atoms with Crippen LogP contribution >= 0.6 is 10.7 Å². The predicted octanol–water partition coefficient (Wildman–Crippen LogP) is 3.81. The number of carbonyl (C=O) groups excluding carboxylic acids is 2. The number of ether oxygens (including phenoxy) is 3. The first-order chi connectivity index (χ1) is 11.1. The Kier molecular flexibility index (Phi) is 5.58. The van der Waals surface area contributed by atoms with Crippen molar-refractivity contribution in [2.24, 2.45) is 0 Å². The highest BCUT2D eigenvalue weighted by atomic mass is 32.2.